The molecule has 21 heavy (non-hydrogen) atoms. The third-order valence-corrected chi connectivity index (χ3v) is 4.74. The molecule has 1 saturated carbocycles. The highest BCUT2D eigenvalue weighted by Gasteiger charge is 2.31. The summed E-state index contributed by atoms with van der Waals surface area (Å²) in [6.07, 6.45) is 4.90. The molecule has 5 nitrogen and oxygen atoms in total. The van der Waals surface area contributed by atoms with E-state index in [0.717, 1.165) is 45.0 Å². The van der Waals surface area contributed by atoms with E-state index in [1.54, 1.807) is 0 Å². The summed E-state index contributed by atoms with van der Waals surface area (Å²) < 4.78 is 11.3. The third kappa shape index (κ3) is 4.41. The van der Waals surface area contributed by atoms with Gasteiger partial charge in [-0.3, -0.25) is 4.79 Å². The molecule has 3 fully saturated rings. The number of hydrogen-bond acceptors (Lipinski definition) is 4. The Bertz CT molecular complexity index is 353. The maximum atomic E-state index is 12.5. The molecule has 3 aliphatic rings. The second kappa shape index (κ2) is 7.07. The normalized spacial score (nSPS) is 30.7. The molecule has 2 saturated heterocycles. The molecular weight excluding hydrogens is 268 g/mol. The van der Waals surface area contributed by atoms with Crippen LogP contribution in [0.1, 0.15) is 25.7 Å². The highest BCUT2D eigenvalue weighted by atomic mass is 16.5. The summed E-state index contributed by atoms with van der Waals surface area (Å²) in [6.45, 7) is 5.65. The van der Waals surface area contributed by atoms with Gasteiger partial charge in [0.15, 0.2) is 0 Å². The molecule has 0 N–H and O–H groups in total. The maximum Gasteiger partial charge on any atom is 0.228 e. The highest BCUT2D eigenvalue weighted by molar-refractivity contribution is 5.79. The molecule has 3 rings (SSSR count). The molecule has 120 valence electrons. The smallest absolute Gasteiger partial charge is 0.228 e. The molecule has 0 aromatic rings. The van der Waals surface area contributed by atoms with E-state index in [-0.39, 0.29) is 17.9 Å². The predicted octanol–water partition coefficient (Wildman–Crippen LogP) is 0.982. The van der Waals surface area contributed by atoms with Crippen molar-refractivity contribution in [2.45, 2.75) is 31.8 Å². The zero-order chi connectivity index (χ0) is 14.7. The molecule has 0 bridgehead atoms. The van der Waals surface area contributed by atoms with Gasteiger partial charge in [-0.1, -0.05) is 0 Å². The van der Waals surface area contributed by atoms with Gasteiger partial charge in [-0.2, -0.15) is 0 Å². The fourth-order valence-electron chi connectivity index (χ4n) is 3.39. The number of nitrogens with zero attached hydrogens (tertiary/aromatic N) is 2. The maximum absolute atomic E-state index is 12.5. The van der Waals surface area contributed by atoms with Gasteiger partial charge in [-0.25, -0.2) is 0 Å². The molecule has 5 heteroatoms. The molecule has 0 aromatic carbocycles. The van der Waals surface area contributed by atoms with Crippen molar-refractivity contribution in [2.75, 3.05) is 53.0 Å². The Hall–Kier alpha value is -0.650. The van der Waals surface area contributed by atoms with Crippen molar-refractivity contribution in [1.82, 2.24) is 9.80 Å². The van der Waals surface area contributed by atoms with Crippen molar-refractivity contribution >= 4 is 5.91 Å². The van der Waals surface area contributed by atoms with Crippen LogP contribution in [0.25, 0.3) is 0 Å². The Morgan fingerprint density at radius 1 is 1.24 bits per heavy atom. The van der Waals surface area contributed by atoms with Gasteiger partial charge in [0.05, 0.1) is 25.2 Å². The number of hydrogen-bond donors (Lipinski definition) is 0. The number of carbonyl (C=O) groups is 1. The molecule has 2 aliphatic heterocycles. The number of ether oxygens (including phenoxy) is 2. The Balaban J connectivity index is 1.46. The van der Waals surface area contributed by atoms with Crippen LogP contribution in [0.2, 0.25) is 0 Å². The predicted molar refractivity (Wildman–Crippen MR) is 80.1 cm³/mol. The fraction of sp³-hybridized carbons (Fsp3) is 0.938. The van der Waals surface area contributed by atoms with Crippen LogP contribution in [-0.4, -0.2) is 74.9 Å². The third-order valence-electron chi connectivity index (χ3n) is 4.74. The largest absolute Gasteiger partial charge is 0.381 e. The molecular formula is C16H28N2O3. The second-order valence-corrected chi connectivity index (χ2v) is 6.86. The quantitative estimate of drug-likeness (QED) is 0.758. The molecule has 0 aromatic heterocycles. The van der Waals surface area contributed by atoms with Crippen molar-refractivity contribution in [2.24, 2.45) is 11.8 Å². The molecule has 2 heterocycles. The van der Waals surface area contributed by atoms with Crippen LogP contribution in [0.15, 0.2) is 0 Å². The Labute approximate surface area is 127 Å². The van der Waals surface area contributed by atoms with E-state index in [0.29, 0.717) is 13.2 Å². The Morgan fingerprint density at radius 2 is 2.10 bits per heavy atom. The van der Waals surface area contributed by atoms with E-state index in [1.807, 2.05) is 4.90 Å². The van der Waals surface area contributed by atoms with E-state index in [4.69, 9.17) is 9.47 Å². The lowest BCUT2D eigenvalue weighted by Gasteiger charge is -2.37. The van der Waals surface area contributed by atoms with Crippen molar-refractivity contribution in [3.05, 3.63) is 0 Å². The van der Waals surface area contributed by atoms with E-state index >= 15 is 0 Å². The van der Waals surface area contributed by atoms with Gasteiger partial charge in [-0.05, 0) is 38.6 Å². The summed E-state index contributed by atoms with van der Waals surface area (Å²) in [5.74, 6) is 1.24. The van der Waals surface area contributed by atoms with Crippen LogP contribution >= 0.6 is 0 Å². The van der Waals surface area contributed by atoms with Crippen LogP contribution in [-0.2, 0) is 14.3 Å². The van der Waals surface area contributed by atoms with Gasteiger partial charge in [0, 0.05) is 32.8 Å². The lowest BCUT2D eigenvalue weighted by molar-refractivity contribution is -0.147. The van der Waals surface area contributed by atoms with Crippen molar-refractivity contribution in [3.8, 4) is 0 Å². The van der Waals surface area contributed by atoms with Crippen LogP contribution in [0, 0.1) is 11.8 Å². The number of morpholine rings is 1. The minimum atomic E-state index is 0.0710. The summed E-state index contributed by atoms with van der Waals surface area (Å²) in [6, 6.07) is 0. The summed E-state index contributed by atoms with van der Waals surface area (Å²) in [5.41, 5.74) is 0. The zero-order valence-electron chi connectivity index (χ0n) is 13.1. The topological polar surface area (TPSA) is 42.0 Å². The van der Waals surface area contributed by atoms with Gasteiger partial charge in [0.1, 0.15) is 0 Å². The first kappa shape index (κ1) is 15.3. The molecule has 0 radical (unpaired) electrons. The van der Waals surface area contributed by atoms with Gasteiger partial charge in [0.25, 0.3) is 0 Å². The standard InChI is InChI=1S/C16H28N2O3/c1-17(9-13-4-5-13)10-15-11-18(6-8-21-15)16(19)14-3-2-7-20-12-14/h13-15H,2-12H2,1H3/t14-,15+/m1/s1. The lowest BCUT2D eigenvalue weighted by Crippen LogP contribution is -2.51. The number of carbonyl (C=O) groups excluding carboxylic acids is 1. The zero-order valence-corrected chi connectivity index (χ0v) is 13.1. The first-order valence-corrected chi connectivity index (χ1v) is 8.39. The lowest BCUT2D eigenvalue weighted by atomic mass is 10.00. The fourth-order valence-corrected chi connectivity index (χ4v) is 3.39. The van der Waals surface area contributed by atoms with Crippen LogP contribution < -0.4 is 0 Å². The highest BCUT2D eigenvalue weighted by Crippen LogP contribution is 2.29. The molecule has 0 spiro atoms. The minimum absolute atomic E-state index is 0.0710. The van der Waals surface area contributed by atoms with Crippen molar-refractivity contribution in [3.63, 3.8) is 0 Å². The van der Waals surface area contributed by atoms with Crippen molar-refractivity contribution < 1.29 is 14.3 Å². The van der Waals surface area contributed by atoms with E-state index in [1.165, 1.54) is 19.4 Å². The molecule has 1 aliphatic carbocycles. The van der Waals surface area contributed by atoms with Gasteiger partial charge in [0.2, 0.25) is 5.91 Å². The monoisotopic (exact) mass is 296 g/mol. The van der Waals surface area contributed by atoms with Gasteiger partial charge >= 0.3 is 0 Å². The summed E-state index contributed by atoms with van der Waals surface area (Å²) in [4.78, 5) is 16.9. The van der Waals surface area contributed by atoms with Crippen LogP contribution in [0.4, 0.5) is 0 Å². The van der Waals surface area contributed by atoms with Gasteiger partial charge < -0.3 is 19.3 Å². The Morgan fingerprint density at radius 3 is 2.81 bits per heavy atom. The SMILES string of the molecule is CN(CC1CC1)C[C@H]1CN(C(=O)[C@@H]2CCCOC2)CCO1. The molecule has 1 amide bonds. The number of likely N-dealkylation sites (N-methyl/N-ethyl adjacent to an activating group) is 1. The molecule has 0 unspecified atom stereocenters. The van der Waals surface area contributed by atoms with E-state index < -0.39 is 0 Å². The Kier molecular flexibility index (Phi) is 5.14. The summed E-state index contributed by atoms with van der Waals surface area (Å²) in [7, 11) is 2.16. The number of rotatable bonds is 5. The minimum Gasteiger partial charge on any atom is -0.381 e. The van der Waals surface area contributed by atoms with E-state index in [9.17, 15) is 4.79 Å². The van der Waals surface area contributed by atoms with Gasteiger partial charge in [-0.15, -0.1) is 0 Å². The average molecular weight is 296 g/mol. The molecule has 2 atom stereocenters. The first-order valence-electron chi connectivity index (χ1n) is 8.39. The summed E-state index contributed by atoms with van der Waals surface area (Å²) in [5, 5.41) is 0. The van der Waals surface area contributed by atoms with Crippen LogP contribution in [0.3, 0.4) is 0 Å². The van der Waals surface area contributed by atoms with Crippen molar-refractivity contribution in [1.29, 1.82) is 0 Å². The average Bonchev–Trinajstić information content (AvgIpc) is 3.31. The number of amides is 1. The van der Waals surface area contributed by atoms with Crippen LogP contribution in [0.5, 0.6) is 0 Å². The van der Waals surface area contributed by atoms with E-state index in [2.05, 4.69) is 11.9 Å². The summed E-state index contributed by atoms with van der Waals surface area (Å²) >= 11 is 0. The first-order chi connectivity index (χ1) is 10.2. The second-order valence-electron chi connectivity index (χ2n) is 6.86.